The van der Waals surface area contributed by atoms with Gasteiger partial charge in [-0.05, 0) is 68.1 Å². The third-order valence-corrected chi connectivity index (χ3v) is 6.19. The molecule has 0 bridgehead atoms. The van der Waals surface area contributed by atoms with Crippen LogP contribution in [0, 0.1) is 18.4 Å². The second-order valence-corrected chi connectivity index (χ2v) is 9.20. The number of halogens is 3. The molecule has 2 amide bonds. The van der Waals surface area contributed by atoms with Crippen LogP contribution in [0.1, 0.15) is 36.1 Å². The number of alkyl halides is 3. The molecule has 3 aromatic rings. The van der Waals surface area contributed by atoms with Gasteiger partial charge in [0.15, 0.2) is 6.19 Å². The fourth-order valence-corrected chi connectivity index (χ4v) is 4.34. The first kappa shape index (κ1) is 27.5. The van der Waals surface area contributed by atoms with Crippen LogP contribution in [0.5, 0.6) is 0 Å². The van der Waals surface area contributed by atoms with E-state index in [1.54, 1.807) is 12.1 Å². The number of aryl methyl sites for hydroxylation is 1. The number of rotatable bonds is 6. The molecule has 0 saturated carbocycles. The highest BCUT2D eigenvalue weighted by molar-refractivity contribution is 5.98. The Morgan fingerprint density at radius 2 is 2.03 bits per heavy atom. The molecule has 39 heavy (non-hydrogen) atoms. The Kier molecular flexibility index (Phi) is 8.39. The molecule has 3 N–H and O–H groups in total. The largest absolute Gasteiger partial charge is 0.461 e. The quantitative estimate of drug-likeness (QED) is 0.186. The number of carbonyl (C=O) groups is 2. The number of fused-ring (bicyclic) bond motifs is 1. The molecule has 1 aromatic heterocycles. The highest BCUT2D eigenvalue weighted by atomic mass is 19.4. The van der Waals surface area contributed by atoms with Gasteiger partial charge in [0.05, 0.1) is 12.1 Å². The summed E-state index contributed by atoms with van der Waals surface area (Å²) in [6.07, 6.45) is -0.893. The number of hydrogen-bond acceptors (Lipinski definition) is 5. The molecule has 1 atom stereocenters. The minimum Gasteiger partial charge on any atom is -0.461 e. The molecule has 9 nitrogen and oxygen atoms in total. The standard InChI is InChI=1S/C27H27F3N6O3/c1-17-11-19-13-21(8-9-23(19)39-17)34-26(33-16-31)35-22-7-2-3-10-36(25(22)38)15-24(37)32-14-18-5-4-6-20(12-18)27(28,29)30/h4-6,8-9,11-13,22H,2-3,7,10,14-15H2,1H3,(H,32,37)(H2,33,34,35). The van der Waals surface area contributed by atoms with Crippen LogP contribution in [0.25, 0.3) is 11.0 Å². The number of nitrogens with one attached hydrogen (secondary N) is 3. The van der Waals surface area contributed by atoms with Crippen molar-refractivity contribution in [3.8, 4) is 6.19 Å². The van der Waals surface area contributed by atoms with Crippen LogP contribution >= 0.6 is 0 Å². The zero-order valence-corrected chi connectivity index (χ0v) is 21.1. The van der Waals surface area contributed by atoms with Crippen molar-refractivity contribution < 1.29 is 27.2 Å². The topological polar surface area (TPSA) is 123 Å². The van der Waals surface area contributed by atoms with E-state index in [9.17, 15) is 28.0 Å². The zero-order valence-electron chi connectivity index (χ0n) is 21.1. The van der Waals surface area contributed by atoms with Gasteiger partial charge in [-0.2, -0.15) is 18.4 Å². The first-order chi connectivity index (χ1) is 18.6. The SMILES string of the molecule is Cc1cc2cc(NC(=NC3CCCCN(CC(=O)NCc4cccc(C(F)(F)F)c4)C3=O)NC#N)ccc2o1. The van der Waals surface area contributed by atoms with Gasteiger partial charge in [-0.15, -0.1) is 0 Å². The van der Waals surface area contributed by atoms with Crippen molar-refractivity contribution in [3.63, 3.8) is 0 Å². The van der Waals surface area contributed by atoms with Crippen LogP contribution in [0.15, 0.2) is 57.9 Å². The lowest BCUT2D eigenvalue weighted by atomic mass is 10.1. The summed E-state index contributed by atoms with van der Waals surface area (Å²) in [6, 6.07) is 11.1. The maximum atomic E-state index is 13.2. The number of hydrogen-bond donors (Lipinski definition) is 3. The van der Waals surface area contributed by atoms with Crippen LogP contribution in [0.2, 0.25) is 0 Å². The van der Waals surface area contributed by atoms with E-state index in [1.807, 2.05) is 25.2 Å². The smallest absolute Gasteiger partial charge is 0.416 e. The minimum absolute atomic E-state index is 0.0891. The monoisotopic (exact) mass is 540 g/mol. The summed E-state index contributed by atoms with van der Waals surface area (Å²) in [6.45, 7) is 1.82. The van der Waals surface area contributed by atoms with Gasteiger partial charge in [-0.25, -0.2) is 4.99 Å². The van der Waals surface area contributed by atoms with Crippen molar-refractivity contribution >= 4 is 34.4 Å². The van der Waals surface area contributed by atoms with Crippen molar-refractivity contribution in [1.82, 2.24) is 15.5 Å². The summed E-state index contributed by atoms with van der Waals surface area (Å²) >= 11 is 0. The number of guanidine groups is 1. The van der Waals surface area contributed by atoms with E-state index >= 15 is 0 Å². The molecular formula is C27H27F3N6O3. The molecule has 0 aliphatic carbocycles. The summed E-state index contributed by atoms with van der Waals surface area (Å²) in [5.74, 6) is -0.0234. The van der Waals surface area contributed by atoms with Gasteiger partial charge in [0.2, 0.25) is 17.8 Å². The number of benzene rings is 2. The summed E-state index contributed by atoms with van der Waals surface area (Å²) in [7, 11) is 0. The molecule has 0 radical (unpaired) electrons. The predicted molar refractivity (Wildman–Crippen MR) is 138 cm³/mol. The summed E-state index contributed by atoms with van der Waals surface area (Å²) in [4.78, 5) is 31.6. The Morgan fingerprint density at radius 3 is 2.79 bits per heavy atom. The van der Waals surface area contributed by atoms with Crippen molar-refractivity contribution in [2.24, 2.45) is 4.99 Å². The van der Waals surface area contributed by atoms with Crippen molar-refractivity contribution in [3.05, 3.63) is 65.4 Å². The van der Waals surface area contributed by atoms with E-state index in [-0.39, 0.29) is 25.0 Å². The second kappa shape index (κ2) is 11.9. The Morgan fingerprint density at radius 1 is 1.21 bits per heavy atom. The van der Waals surface area contributed by atoms with E-state index in [0.29, 0.717) is 42.6 Å². The van der Waals surface area contributed by atoms with Gasteiger partial charge < -0.3 is 20.0 Å². The molecule has 2 aromatic carbocycles. The number of likely N-dealkylation sites (tertiary alicyclic amines) is 1. The Bertz CT molecular complexity index is 1430. The van der Waals surface area contributed by atoms with Gasteiger partial charge in [0, 0.05) is 24.2 Å². The number of furan rings is 1. The number of amides is 2. The average molecular weight is 541 g/mol. The Balaban J connectivity index is 1.41. The lowest BCUT2D eigenvalue weighted by molar-refractivity contribution is -0.137. The van der Waals surface area contributed by atoms with E-state index in [1.165, 1.54) is 17.0 Å². The molecule has 1 aliphatic heterocycles. The van der Waals surface area contributed by atoms with Crippen LogP contribution in [-0.4, -0.2) is 41.8 Å². The minimum atomic E-state index is -4.48. The predicted octanol–water partition coefficient (Wildman–Crippen LogP) is 4.30. The van der Waals surface area contributed by atoms with Gasteiger partial charge in [0.1, 0.15) is 17.4 Å². The van der Waals surface area contributed by atoms with E-state index in [2.05, 4.69) is 20.9 Å². The molecule has 1 aliphatic rings. The lowest BCUT2D eigenvalue weighted by Gasteiger charge is -2.22. The maximum absolute atomic E-state index is 13.2. The fraction of sp³-hybridized carbons (Fsp3) is 0.333. The first-order valence-electron chi connectivity index (χ1n) is 12.3. The van der Waals surface area contributed by atoms with Gasteiger partial charge >= 0.3 is 6.18 Å². The maximum Gasteiger partial charge on any atom is 0.416 e. The van der Waals surface area contributed by atoms with Gasteiger partial charge in [0.25, 0.3) is 0 Å². The van der Waals surface area contributed by atoms with E-state index in [0.717, 1.165) is 23.3 Å². The number of aliphatic imine (C=N–C) groups is 1. The Hall–Kier alpha value is -4.53. The lowest BCUT2D eigenvalue weighted by Crippen LogP contribution is -2.44. The van der Waals surface area contributed by atoms with Gasteiger partial charge in [-0.1, -0.05) is 12.1 Å². The van der Waals surface area contributed by atoms with Crippen LogP contribution in [-0.2, 0) is 22.3 Å². The number of nitrogens with zero attached hydrogens (tertiary/aromatic N) is 3. The van der Waals surface area contributed by atoms with E-state index in [4.69, 9.17) is 4.42 Å². The molecule has 12 heteroatoms. The van der Waals surface area contributed by atoms with Crippen molar-refractivity contribution in [1.29, 1.82) is 5.26 Å². The highest BCUT2D eigenvalue weighted by Gasteiger charge is 2.31. The Labute approximate surface area is 222 Å². The molecule has 4 rings (SSSR count). The van der Waals surface area contributed by atoms with Crippen molar-refractivity contribution in [2.75, 3.05) is 18.4 Å². The zero-order chi connectivity index (χ0) is 28.0. The molecule has 2 heterocycles. The van der Waals surface area contributed by atoms with Crippen LogP contribution < -0.4 is 16.0 Å². The number of anilines is 1. The van der Waals surface area contributed by atoms with Crippen LogP contribution in [0.3, 0.4) is 0 Å². The molecule has 1 unspecified atom stereocenters. The molecule has 0 spiro atoms. The van der Waals surface area contributed by atoms with Gasteiger partial charge in [-0.3, -0.25) is 14.9 Å². The summed E-state index contributed by atoms with van der Waals surface area (Å²) < 4.78 is 44.4. The number of carbonyl (C=O) groups excluding carboxylic acids is 2. The molecular weight excluding hydrogens is 513 g/mol. The highest BCUT2D eigenvalue weighted by Crippen LogP contribution is 2.29. The third kappa shape index (κ3) is 7.28. The van der Waals surface area contributed by atoms with Crippen molar-refractivity contribution in [2.45, 2.75) is 44.9 Å². The fourth-order valence-electron chi connectivity index (χ4n) is 4.34. The summed E-state index contributed by atoms with van der Waals surface area (Å²) in [5, 5.41) is 18.2. The van der Waals surface area contributed by atoms with E-state index < -0.39 is 23.7 Å². The molecule has 204 valence electrons. The summed E-state index contributed by atoms with van der Waals surface area (Å²) in [5.41, 5.74) is 0.847. The first-order valence-corrected chi connectivity index (χ1v) is 12.3. The van der Waals surface area contributed by atoms with Crippen LogP contribution in [0.4, 0.5) is 18.9 Å². The molecule has 1 fully saturated rings. The molecule has 1 saturated heterocycles. The normalized spacial score (nSPS) is 16.5. The average Bonchev–Trinajstić information content (AvgIpc) is 3.18. The number of nitriles is 1. The second-order valence-electron chi connectivity index (χ2n) is 9.20. The third-order valence-electron chi connectivity index (χ3n) is 6.19.